The van der Waals surface area contributed by atoms with Gasteiger partial charge in [-0.15, -0.1) is 0 Å². The first kappa shape index (κ1) is 24.8. The van der Waals surface area contributed by atoms with Crippen molar-refractivity contribution in [1.82, 2.24) is 9.80 Å². The van der Waals surface area contributed by atoms with Gasteiger partial charge in [-0.2, -0.15) is 0 Å². The monoisotopic (exact) mass is 502 g/mol. The van der Waals surface area contributed by atoms with Crippen molar-refractivity contribution in [3.05, 3.63) is 68.7 Å². The normalized spacial score (nSPS) is 22.8. The Labute approximate surface area is 218 Å². The van der Waals surface area contributed by atoms with Crippen molar-refractivity contribution in [3.8, 4) is 0 Å². The molecule has 0 spiro atoms. The minimum absolute atomic E-state index is 0.0756. The van der Waals surface area contributed by atoms with Crippen LogP contribution in [0, 0.1) is 27.7 Å². The zero-order valence-electron chi connectivity index (χ0n) is 24.3. The van der Waals surface area contributed by atoms with Gasteiger partial charge in [-0.25, -0.2) is 4.79 Å². The van der Waals surface area contributed by atoms with Crippen LogP contribution in [0.25, 0.3) is 1.43 Å². The van der Waals surface area contributed by atoms with Crippen molar-refractivity contribution < 1.29 is 16.0 Å². The average molecular weight is 503 g/mol. The van der Waals surface area contributed by atoms with Crippen molar-refractivity contribution in [1.29, 1.82) is 1.43 Å². The fourth-order valence-corrected chi connectivity index (χ4v) is 5.33. The summed E-state index contributed by atoms with van der Waals surface area (Å²) < 4.78 is 21.5. The van der Waals surface area contributed by atoms with E-state index >= 15 is 0 Å². The molecule has 1 aliphatic heterocycles. The lowest BCUT2D eigenvalue weighted by atomic mass is 9.87. The lowest BCUT2D eigenvalue weighted by molar-refractivity contribution is -0.150. The maximum Gasteiger partial charge on any atom is 0.332 e. The van der Waals surface area contributed by atoms with Gasteiger partial charge in [0.05, 0.1) is 14.0 Å². The Bertz CT molecular complexity index is 1120. The van der Waals surface area contributed by atoms with Crippen LogP contribution < -0.4 is 0 Å². The first-order valence-corrected chi connectivity index (χ1v) is 12.9. The number of aryl methyl sites for hydroxylation is 2. The smallest absolute Gasteiger partial charge is 0.332 e. The number of nitrogens with zero attached hydrogens (tertiary/aromatic N) is 2. The Morgan fingerprint density at radius 1 is 1.14 bits per heavy atom. The Balaban J connectivity index is 1.95. The van der Waals surface area contributed by atoms with Crippen molar-refractivity contribution in [3.63, 3.8) is 0 Å². The fraction of sp³-hybridized carbons (Fsp3) is 0.552. The van der Waals surface area contributed by atoms with E-state index in [2.05, 4.69) is 68.6 Å². The summed E-state index contributed by atoms with van der Waals surface area (Å²) in [5.41, 5.74) is 6.76. The molecule has 0 amide bonds. The second kappa shape index (κ2) is 11.4. The van der Waals surface area contributed by atoms with Crippen molar-refractivity contribution in [2.75, 3.05) is 19.7 Å². The van der Waals surface area contributed by atoms with Crippen LogP contribution in [0.5, 0.6) is 0 Å². The molecule has 5 atom stereocenters. The van der Waals surface area contributed by atoms with Gasteiger partial charge in [-0.05, 0) is 94.8 Å². The van der Waals surface area contributed by atoms with Crippen LogP contribution in [0.1, 0.15) is 68.5 Å². The predicted molar refractivity (Wildman–Crippen MR) is 144 cm³/mol. The molecule has 1 fully saturated rings. The maximum atomic E-state index is 11.6. The van der Waals surface area contributed by atoms with Crippen LogP contribution in [0.2, 0.25) is 5.02 Å². The molecule has 192 valence electrons. The van der Waals surface area contributed by atoms with Crippen molar-refractivity contribution >= 4 is 17.6 Å². The highest BCUT2D eigenvalue weighted by Crippen LogP contribution is 2.38. The summed E-state index contributed by atoms with van der Waals surface area (Å²) in [5.74, 6) is -0.685. The molecule has 35 heavy (non-hydrogen) atoms. The summed E-state index contributed by atoms with van der Waals surface area (Å²) >= 11 is 6.41. The zero-order valence-corrected chi connectivity index (χ0v) is 23.1. The van der Waals surface area contributed by atoms with Gasteiger partial charge in [0.25, 0.3) is 1.43 Å². The minimum atomic E-state index is -0.767. The number of halogens is 1. The Morgan fingerprint density at radius 2 is 1.80 bits per heavy atom. The van der Waals surface area contributed by atoms with Crippen LogP contribution in [0.4, 0.5) is 0 Å². The molecule has 0 aliphatic carbocycles. The maximum absolute atomic E-state index is 11.6. The van der Waals surface area contributed by atoms with Gasteiger partial charge in [0, 0.05) is 36.2 Å². The molecular weight excluding hydrogens is 460 g/mol. The van der Waals surface area contributed by atoms with Crippen molar-refractivity contribution in [2.45, 2.75) is 85.7 Å². The SMILES string of the molecule is [2H]OC(=O)C(C)OCC(C)N1CC(C)N(C(c2ccc(Cl)c(C)c2)c2c([2H])cc(C)c(C)c2C)C(C)C1. The van der Waals surface area contributed by atoms with E-state index in [1.165, 1.54) is 11.1 Å². The van der Waals surface area contributed by atoms with E-state index in [0.717, 1.165) is 40.4 Å². The third kappa shape index (κ3) is 6.08. The molecule has 2 aromatic rings. The van der Waals surface area contributed by atoms with E-state index in [1.807, 2.05) is 19.1 Å². The molecule has 1 N–H and O–H groups in total. The number of benzene rings is 2. The van der Waals surface area contributed by atoms with Gasteiger partial charge in [0.15, 0.2) is 6.10 Å². The topological polar surface area (TPSA) is 53.0 Å². The standard InChI is InChI=1S/C29H41ClN2O3/c1-17-9-11-26(23(7)22(17)6)28(25-10-12-27(30)18(2)13-25)32-19(3)14-31(15-20(32)4)21(5)16-35-24(8)29(33)34/h9-13,19-21,24,28H,14-16H2,1-8H3,(H,33,34)/i11D/hD. The number of carboxylic acid groups (broad SMARTS) is 1. The third-order valence-electron chi connectivity index (χ3n) is 7.63. The number of carbonyl (C=O) groups is 1. The molecule has 1 saturated heterocycles. The second-order valence-electron chi connectivity index (χ2n) is 10.3. The molecular formula is C29H41ClN2O3. The van der Waals surface area contributed by atoms with Gasteiger partial charge in [0.1, 0.15) is 0 Å². The van der Waals surface area contributed by atoms with Crippen LogP contribution in [-0.2, 0) is 9.53 Å². The summed E-state index contributed by atoms with van der Waals surface area (Å²) in [5, 5.41) is 4.79. The summed E-state index contributed by atoms with van der Waals surface area (Å²) in [4.78, 5) is 16.5. The number of ether oxygens (including phenoxy) is 1. The molecule has 5 nitrogen and oxygen atoms in total. The van der Waals surface area contributed by atoms with Gasteiger partial charge in [-0.1, -0.05) is 35.8 Å². The van der Waals surface area contributed by atoms with E-state index in [0.29, 0.717) is 12.6 Å². The van der Waals surface area contributed by atoms with E-state index < -0.39 is 12.1 Å². The highest BCUT2D eigenvalue weighted by atomic mass is 35.5. The predicted octanol–water partition coefficient (Wildman–Crippen LogP) is 5.94. The largest absolute Gasteiger partial charge is 0.479 e. The zero-order chi connectivity index (χ0) is 27.6. The average Bonchev–Trinajstić information content (AvgIpc) is 2.85. The van der Waals surface area contributed by atoms with Gasteiger partial charge in [-0.3, -0.25) is 9.80 Å². The molecule has 3 rings (SSSR count). The molecule has 0 saturated carbocycles. The molecule has 0 bridgehead atoms. The van der Waals surface area contributed by atoms with Crippen LogP contribution >= 0.6 is 11.6 Å². The number of rotatable bonds is 8. The van der Waals surface area contributed by atoms with E-state index in [4.69, 9.17) is 19.1 Å². The summed E-state index contributed by atoms with van der Waals surface area (Å²) in [7, 11) is 0. The summed E-state index contributed by atoms with van der Waals surface area (Å²) in [6, 6.07) is 9.20. The Hall–Kier alpha value is -1.92. The number of hydrogen-bond acceptors (Lipinski definition) is 5. The van der Waals surface area contributed by atoms with Crippen molar-refractivity contribution in [2.24, 2.45) is 0 Å². The molecule has 5 unspecified atom stereocenters. The Kier molecular flexibility index (Phi) is 8.08. The highest BCUT2D eigenvalue weighted by molar-refractivity contribution is 6.31. The quantitative estimate of drug-likeness (QED) is 0.484. The molecule has 1 aliphatic rings. The summed E-state index contributed by atoms with van der Waals surface area (Å²) in [6.07, 6.45) is -0.767. The molecule has 1 heterocycles. The molecule has 0 aromatic heterocycles. The van der Waals surface area contributed by atoms with Crippen LogP contribution in [0.3, 0.4) is 0 Å². The first-order chi connectivity index (χ1) is 17.4. The lowest BCUT2D eigenvalue weighted by Crippen LogP contribution is -2.60. The Morgan fingerprint density at radius 3 is 2.40 bits per heavy atom. The molecule has 0 radical (unpaired) electrons. The van der Waals surface area contributed by atoms with Gasteiger partial charge < -0.3 is 9.85 Å². The van der Waals surface area contributed by atoms with Crippen LogP contribution in [0.15, 0.2) is 30.3 Å². The van der Waals surface area contributed by atoms with Gasteiger partial charge >= 0.3 is 5.97 Å². The van der Waals surface area contributed by atoms with Gasteiger partial charge in [0.2, 0.25) is 0 Å². The molecule has 2 aromatic carbocycles. The molecule has 6 heteroatoms. The van der Waals surface area contributed by atoms with E-state index in [9.17, 15) is 4.79 Å². The third-order valence-corrected chi connectivity index (χ3v) is 8.05. The van der Waals surface area contributed by atoms with E-state index in [-0.39, 0.29) is 24.2 Å². The number of piperazine rings is 1. The lowest BCUT2D eigenvalue weighted by Gasteiger charge is -2.50. The first-order valence-electron chi connectivity index (χ1n) is 13.4. The van der Waals surface area contributed by atoms with E-state index in [1.54, 1.807) is 6.92 Å². The van der Waals surface area contributed by atoms with Crippen LogP contribution in [-0.4, -0.2) is 64.8 Å². The summed E-state index contributed by atoms with van der Waals surface area (Å²) in [6.45, 7) is 18.6. The number of carboxylic acids is 1. The number of hydrogen-bond donors (Lipinski definition) is 1. The fourth-order valence-electron chi connectivity index (χ4n) is 5.21. The highest BCUT2D eigenvalue weighted by Gasteiger charge is 2.38. The minimum Gasteiger partial charge on any atom is -0.479 e. The second-order valence-corrected chi connectivity index (χ2v) is 10.7. The number of aliphatic carboxylic acids is 1.